The average Bonchev–Trinajstić information content (AvgIpc) is 2.61. The molecule has 1 atom stereocenters. The highest BCUT2D eigenvalue weighted by atomic mass is 32.2. The van der Waals surface area contributed by atoms with E-state index in [1.54, 1.807) is 25.9 Å². The number of fused-ring (bicyclic) bond motifs is 1. The van der Waals surface area contributed by atoms with Gasteiger partial charge in [-0.25, -0.2) is 8.42 Å². The molecule has 2 rings (SSSR count). The smallest absolute Gasteiger partial charge is 0.249 e. The molecule has 0 bridgehead atoms. The van der Waals surface area contributed by atoms with Crippen molar-refractivity contribution in [1.29, 1.82) is 0 Å². The molecule has 2 heterocycles. The predicted octanol–water partition coefficient (Wildman–Crippen LogP) is 0.156. The summed E-state index contributed by atoms with van der Waals surface area (Å²) < 4.78 is 25.6. The minimum atomic E-state index is -3.56. The maximum absolute atomic E-state index is 12.1. The maximum atomic E-state index is 12.1. The number of carbonyl (C=O) groups is 1. The number of rotatable bonds is 1. The van der Waals surface area contributed by atoms with Crippen LogP contribution in [0.15, 0.2) is 11.1 Å². The third-order valence-corrected chi connectivity index (χ3v) is 5.24. The molecule has 0 aromatic carbocycles. The summed E-state index contributed by atoms with van der Waals surface area (Å²) in [6.45, 7) is 2.17. The van der Waals surface area contributed by atoms with Crippen molar-refractivity contribution < 1.29 is 13.2 Å². The number of sulfonamides is 1. The highest BCUT2D eigenvalue weighted by Gasteiger charge is 2.59. The van der Waals surface area contributed by atoms with Crippen LogP contribution in [-0.4, -0.2) is 49.6 Å². The van der Waals surface area contributed by atoms with E-state index in [4.69, 9.17) is 0 Å². The van der Waals surface area contributed by atoms with Crippen LogP contribution in [0.3, 0.4) is 0 Å². The first kappa shape index (κ1) is 11.6. The van der Waals surface area contributed by atoms with Crippen molar-refractivity contribution in [3.8, 4) is 0 Å². The summed E-state index contributed by atoms with van der Waals surface area (Å²) in [5.74, 6) is -0.265. The van der Waals surface area contributed by atoms with E-state index >= 15 is 0 Å². The fraction of sp³-hybridized carbons (Fsp3) is 0.700. The van der Waals surface area contributed by atoms with Crippen LogP contribution < -0.4 is 0 Å². The lowest BCUT2D eigenvalue weighted by Crippen LogP contribution is -2.41. The van der Waals surface area contributed by atoms with Gasteiger partial charge in [-0.05, 0) is 19.8 Å². The number of ketones is 1. The molecular weight excluding hydrogens is 228 g/mol. The van der Waals surface area contributed by atoms with Gasteiger partial charge in [-0.3, -0.25) is 4.79 Å². The predicted molar refractivity (Wildman–Crippen MR) is 60.0 cm³/mol. The van der Waals surface area contributed by atoms with Gasteiger partial charge in [0.15, 0.2) is 5.78 Å². The second-order valence-corrected chi connectivity index (χ2v) is 6.57. The van der Waals surface area contributed by atoms with Crippen LogP contribution in [0.4, 0.5) is 0 Å². The fourth-order valence-electron chi connectivity index (χ4n) is 2.41. The van der Waals surface area contributed by atoms with E-state index in [-0.39, 0.29) is 10.7 Å². The lowest BCUT2D eigenvalue weighted by molar-refractivity contribution is -0.120. The van der Waals surface area contributed by atoms with Crippen molar-refractivity contribution in [2.24, 2.45) is 0 Å². The van der Waals surface area contributed by atoms with E-state index in [9.17, 15) is 13.2 Å². The second kappa shape index (κ2) is 3.30. The Morgan fingerprint density at radius 1 is 1.44 bits per heavy atom. The normalized spacial score (nSPS) is 35.7. The van der Waals surface area contributed by atoms with Crippen LogP contribution in [0.1, 0.15) is 19.8 Å². The van der Waals surface area contributed by atoms with Gasteiger partial charge in [0, 0.05) is 26.8 Å². The van der Waals surface area contributed by atoms with Gasteiger partial charge < -0.3 is 4.90 Å². The Labute approximate surface area is 95.8 Å². The van der Waals surface area contributed by atoms with Gasteiger partial charge >= 0.3 is 0 Å². The summed E-state index contributed by atoms with van der Waals surface area (Å²) in [5, 5.41) is 0. The van der Waals surface area contributed by atoms with E-state index in [1.165, 1.54) is 10.5 Å². The van der Waals surface area contributed by atoms with Crippen molar-refractivity contribution in [3.05, 3.63) is 11.1 Å². The molecule has 2 saturated heterocycles. The molecule has 0 aliphatic carbocycles. The lowest BCUT2D eigenvalue weighted by atomic mass is 9.94. The molecule has 0 N–H and O–H groups in total. The van der Waals surface area contributed by atoms with Crippen LogP contribution in [0, 0.1) is 0 Å². The van der Waals surface area contributed by atoms with Crippen molar-refractivity contribution >= 4 is 15.8 Å². The van der Waals surface area contributed by atoms with Crippen LogP contribution in [0.2, 0.25) is 0 Å². The number of carbonyl (C=O) groups excluding carboxylic acids is 1. The fourth-order valence-corrected chi connectivity index (χ4v) is 4.52. The molecule has 16 heavy (non-hydrogen) atoms. The Morgan fingerprint density at radius 3 is 2.56 bits per heavy atom. The molecule has 6 heteroatoms. The number of nitrogens with zero attached hydrogens (tertiary/aromatic N) is 2. The number of Topliss-reactive ketones (excluding diaryl/α,β-unsaturated/α-hetero) is 1. The first-order chi connectivity index (χ1) is 7.30. The van der Waals surface area contributed by atoms with Crippen molar-refractivity contribution in [3.63, 3.8) is 0 Å². The number of hydrogen-bond donors (Lipinski definition) is 0. The quantitative estimate of drug-likeness (QED) is 0.616. The minimum Gasteiger partial charge on any atom is -0.382 e. The minimum absolute atomic E-state index is 0.0697. The highest BCUT2D eigenvalue weighted by Crippen LogP contribution is 2.43. The van der Waals surface area contributed by atoms with E-state index in [0.29, 0.717) is 13.0 Å². The summed E-state index contributed by atoms with van der Waals surface area (Å²) in [6, 6.07) is 0. The zero-order valence-corrected chi connectivity index (χ0v) is 10.5. The summed E-state index contributed by atoms with van der Waals surface area (Å²) in [4.78, 5) is 13.7. The standard InChI is InChI=1S/C10H16N2O3S/c1-10-5-4-6-12(10)16(14,15)8(9(10)13)7-11(2)3/h7H,4-6H2,1-3H3/b8-7-. The monoisotopic (exact) mass is 244 g/mol. The molecule has 0 amide bonds. The molecule has 90 valence electrons. The van der Waals surface area contributed by atoms with Gasteiger partial charge in [0.25, 0.3) is 0 Å². The van der Waals surface area contributed by atoms with Crippen LogP contribution in [-0.2, 0) is 14.8 Å². The molecule has 0 saturated carbocycles. The molecule has 5 nitrogen and oxygen atoms in total. The third kappa shape index (κ3) is 1.33. The lowest BCUT2D eigenvalue weighted by Gasteiger charge is -2.21. The van der Waals surface area contributed by atoms with Gasteiger partial charge in [-0.2, -0.15) is 4.31 Å². The summed E-state index contributed by atoms with van der Waals surface area (Å²) in [7, 11) is -0.144. The summed E-state index contributed by atoms with van der Waals surface area (Å²) in [5.41, 5.74) is -0.833. The molecule has 2 fully saturated rings. The average molecular weight is 244 g/mol. The molecule has 2 aliphatic heterocycles. The molecule has 2 aliphatic rings. The molecule has 0 spiro atoms. The van der Waals surface area contributed by atoms with E-state index in [2.05, 4.69) is 0 Å². The van der Waals surface area contributed by atoms with Gasteiger partial charge in [0.1, 0.15) is 4.91 Å². The molecule has 0 aromatic rings. The van der Waals surface area contributed by atoms with Crippen LogP contribution in [0.5, 0.6) is 0 Å². The molecule has 0 aromatic heterocycles. The van der Waals surface area contributed by atoms with Gasteiger partial charge in [-0.15, -0.1) is 0 Å². The van der Waals surface area contributed by atoms with Crippen LogP contribution in [0.25, 0.3) is 0 Å². The van der Waals surface area contributed by atoms with Gasteiger partial charge in [-0.1, -0.05) is 0 Å². The Kier molecular flexibility index (Phi) is 2.40. The van der Waals surface area contributed by atoms with E-state index < -0.39 is 15.6 Å². The Balaban J connectivity index is 2.57. The summed E-state index contributed by atoms with van der Waals surface area (Å²) >= 11 is 0. The third-order valence-electron chi connectivity index (χ3n) is 3.23. The van der Waals surface area contributed by atoms with E-state index in [1.807, 2.05) is 0 Å². The summed E-state index contributed by atoms with van der Waals surface area (Å²) in [6.07, 6.45) is 2.79. The Bertz CT molecular complexity index is 466. The van der Waals surface area contributed by atoms with Crippen LogP contribution >= 0.6 is 0 Å². The first-order valence-electron chi connectivity index (χ1n) is 5.26. The van der Waals surface area contributed by atoms with E-state index in [0.717, 1.165) is 6.42 Å². The molecular formula is C10H16N2O3S. The SMILES string of the molecule is CN(C)/C=C1/C(=O)C2(C)CCCN2S1(=O)=O. The highest BCUT2D eigenvalue weighted by molar-refractivity contribution is 7.94. The molecule has 0 radical (unpaired) electrons. The Hall–Kier alpha value is -0.880. The first-order valence-corrected chi connectivity index (χ1v) is 6.70. The Morgan fingerprint density at radius 2 is 2.06 bits per heavy atom. The van der Waals surface area contributed by atoms with Gasteiger partial charge in [0.2, 0.25) is 10.0 Å². The number of hydrogen-bond acceptors (Lipinski definition) is 4. The zero-order valence-electron chi connectivity index (χ0n) is 9.73. The van der Waals surface area contributed by atoms with Crippen molar-refractivity contribution in [2.45, 2.75) is 25.3 Å². The van der Waals surface area contributed by atoms with Crippen molar-refractivity contribution in [1.82, 2.24) is 9.21 Å². The largest absolute Gasteiger partial charge is 0.382 e. The second-order valence-electron chi connectivity index (χ2n) is 4.74. The van der Waals surface area contributed by atoms with Gasteiger partial charge in [0.05, 0.1) is 5.54 Å². The molecule has 1 unspecified atom stereocenters. The maximum Gasteiger partial charge on any atom is 0.249 e. The zero-order chi connectivity index (χ0) is 12.1. The van der Waals surface area contributed by atoms with Crippen molar-refractivity contribution in [2.75, 3.05) is 20.6 Å². The topological polar surface area (TPSA) is 57.7 Å².